The lowest BCUT2D eigenvalue weighted by atomic mass is 10.1. The third-order valence-electron chi connectivity index (χ3n) is 4.42. The van der Waals surface area contributed by atoms with E-state index in [4.69, 9.17) is 5.73 Å². The molecule has 0 saturated carbocycles. The van der Waals surface area contributed by atoms with Gasteiger partial charge in [-0.05, 0) is 30.7 Å². The summed E-state index contributed by atoms with van der Waals surface area (Å²) in [5, 5.41) is 5.70. The fourth-order valence-corrected chi connectivity index (χ4v) is 2.87. The van der Waals surface area contributed by atoms with Crippen molar-refractivity contribution in [3.05, 3.63) is 47.8 Å². The highest BCUT2D eigenvalue weighted by atomic mass is 19.3. The molecule has 0 unspecified atom stereocenters. The van der Waals surface area contributed by atoms with Crippen LogP contribution in [0.25, 0.3) is 11.1 Å². The van der Waals surface area contributed by atoms with Crippen LogP contribution < -0.4 is 15.5 Å². The molecule has 0 saturated heterocycles. The van der Waals surface area contributed by atoms with Crippen LogP contribution in [-0.4, -0.2) is 55.2 Å². The summed E-state index contributed by atoms with van der Waals surface area (Å²) in [5.41, 5.74) is 8.13. The maximum Gasteiger partial charge on any atom is 0.272 e. The number of anilines is 2. The predicted molar refractivity (Wildman–Crippen MR) is 107 cm³/mol. The van der Waals surface area contributed by atoms with E-state index in [0.717, 1.165) is 28.3 Å². The quantitative estimate of drug-likeness (QED) is 0.822. The fourth-order valence-electron chi connectivity index (χ4n) is 2.87. The van der Waals surface area contributed by atoms with Crippen molar-refractivity contribution < 1.29 is 8.78 Å². The molecule has 0 radical (unpaired) electrons. The fraction of sp³-hybridized carbons (Fsp3) is 0.316. The summed E-state index contributed by atoms with van der Waals surface area (Å²) in [4.78, 5) is 12.7. The molecule has 0 amide bonds. The normalized spacial score (nSPS) is 13.2. The van der Waals surface area contributed by atoms with Crippen molar-refractivity contribution in [2.45, 2.75) is 6.92 Å². The van der Waals surface area contributed by atoms with Crippen molar-refractivity contribution in [1.29, 1.82) is 0 Å². The second-order valence-electron chi connectivity index (χ2n) is 6.74. The molecule has 1 aliphatic heterocycles. The first-order chi connectivity index (χ1) is 13.4. The first-order valence-corrected chi connectivity index (χ1v) is 8.78. The van der Waals surface area contributed by atoms with Gasteiger partial charge in [0.25, 0.3) is 6.08 Å². The minimum absolute atomic E-state index is 0.00709. The first kappa shape index (κ1) is 19.7. The Kier molecular flexibility index (Phi) is 5.84. The molecule has 2 N–H and O–H groups in total. The number of halogens is 2. The Bertz CT molecular complexity index is 890. The Morgan fingerprint density at radius 1 is 1.18 bits per heavy atom. The number of nitrogens with two attached hydrogens (primary N) is 1. The third-order valence-corrected chi connectivity index (χ3v) is 4.42. The van der Waals surface area contributed by atoms with E-state index in [2.05, 4.69) is 15.1 Å². The second kappa shape index (κ2) is 8.30. The Hall–Kier alpha value is -3.07. The summed E-state index contributed by atoms with van der Waals surface area (Å²) in [5.74, 6) is 1.61. The number of hydrogen-bond acceptors (Lipinski definition) is 7. The molecule has 0 aromatic carbocycles. The molecule has 0 spiro atoms. The highest BCUT2D eigenvalue weighted by Crippen LogP contribution is 2.26. The van der Waals surface area contributed by atoms with Crippen LogP contribution in [0.4, 0.5) is 20.4 Å². The number of rotatable bonds is 6. The van der Waals surface area contributed by atoms with Gasteiger partial charge in [0.15, 0.2) is 0 Å². The van der Waals surface area contributed by atoms with Gasteiger partial charge < -0.3 is 10.6 Å². The zero-order chi connectivity index (χ0) is 20.3. The van der Waals surface area contributed by atoms with Crippen LogP contribution >= 0.6 is 0 Å². The van der Waals surface area contributed by atoms with Gasteiger partial charge in [0.1, 0.15) is 24.6 Å². The Balaban J connectivity index is 1.73. The number of nitrogens with zero attached hydrogens (tertiary/aromatic N) is 6. The number of hydrazone groups is 1. The van der Waals surface area contributed by atoms with Crippen LogP contribution in [0.5, 0.6) is 0 Å². The summed E-state index contributed by atoms with van der Waals surface area (Å²) in [6.07, 6.45) is 3.44. The molecule has 0 fully saturated rings. The van der Waals surface area contributed by atoms with Crippen molar-refractivity contribution in [3.63, 3.8) is 0 Å². The van der Waals surface area contributed by atoms with Crippen molar-refractivity contribution >= 4 is 18.0 Å². The van der Waals surface area contributed by atoms with Crippen LogP contribution in [0.3, 0.4) is 0 Å². The lowest BCUT2D eigenvalue weighted by Gasteiger charge is -2.20. The Labute approximate surface area is 162 Å². The van der Waals surface area contributed by atoms with E-state index in [0.29, 0.717) is 6.67 Å². The highest BCUT2D eigenvalue weighted by Gasteiger charge is 2.20. The molecule has 9 heteroatoms. The molecule has 148 valence electrons. The van der Waals surface area contributed by atoms with Gasteiger partial charge in [0, 0.05) is 49.7 Å². The van der Waals surface area contributed by atoms with Crippen LogP contribution in [0.2, 0.25) is 0 Å². The van der Waals surface area contributed by atoms with E-state index in [1.807, 2.05) is 55.2 Å². The van der Waals surface area contributed by atoms with Gasteiger partial charge in [-0.1, -0.05) is 0 Å². The highest BCUT2D eigenvalue weighted by molar-refractivity contribution is 5.80. The van der Waals surface area contributed by atoms with E-state index in [9.17, 15) is 8.78 Å². The second-order valence-corrected chi connectivity index (χ2v) is 6.74. The lowest BCUT2D eigenvalue weighted by molar-refractivity contribution is 0.326. The van der Waals surface area contributed by atoms with Crippen LogP contribution in [-0.2, 0) is 0 Å². The summed E-state index contributed by atoms with van der Waals surface area (Å²) in [6.45, 7) is 2.09. The standard InChI is InChI=1S/C19H23F2N7/c1-13-6-15(14-4-5-17(23-8-14)26(2)3)9-24-19(13)27-11-25-28(12-27)10-16(7-22)18(20)21/h4-6,8-9,11H,7,10,12,22H2,1-3H3. The van der Waals surface area contributed by atoms with E-state index in [-0.39, 0.29) is 18.7 Å². The minimum atomic E-state index is -1.75. The van der Waals surface area contributed by atoms with Gasteiger partial charge in [0.05, 0.1) is 6.54 Å². The maximum absolute atomic E-state index is 12.8. The average molecular weight is 387 g/mol. The van der Waals surface area contributed by atoms with Gasteiger partial charge in [-0.3, -0.25) is 9.91 Å². The van der Waals surface area contributed by atoms with Crippen LogP contribution in [0.1, 0.15) is 5.56 Å². The average Bonchev–Trinajstić information content (AvgIpc) is 3.14. The van der Waals surface area contributed by atoms with Crippen molar-refractivity contribution in [2.75, 3.05) is 43.7 Å². The SMILES string of the molecule is Cc1cc(-c2ccc(N(C)C)nc2)cnc1N1C=NN(CC(CN)=C(F)F)C1. The molecular weight excluding hydrogens is 364 g/mol. The smallest absolute Gasteiger partial charge is 0.272 e. The predicted octanol–water partition coefficient (Wildman–Crippen LogP) is 2.65. The van der Waals surface area contributed by atoms with E-state index in [1.54, 1.807) is 12.5 Å². The Morgan fingerprint density at radius 2 is 1.93 bits per heavy atom. The summed E-state index contributed by atoms with van der Waals surface area (Å²) >= 11 is 0. The third kappa shape index (κ3) is 4.25. The zero-order valence-corrected chi connectivity index (χ0v) is 16.1. The summed E-state index contributed by atoms with van der Waals surface area (Å²) < 4.78 is 25.6. The van der Waals surface area contributed by atoms with Crippen LogP contribution in [0, 0.1) is 6.92 Å². The van der Waals surface area contributed by atoms with Gasteiger partial charge in [0.2, 0.25) is 0 Å². The molecule has 7 nitrogen and oxygen atoms in total. The molecule has 2 aromatic heterocycles. The number of pyridine rings is 2. The molecule has 3 heterocycles. The van der Waals surface area contributed by atoms with Gasteiger partial charge in [-0.2, -0.15) is 13.9 Å². The van der Waals surface area contributed by atoms with E-state index >= 15 is 0 Å². The molecule has 2 aromatic rings. The monoisotopic (exact) mass is 387 g/mol. The van der Waals surface area contributed by atoms with Crippen LogP contribution in [0.15, 0.2) is 47.3 Å². The molecule has 0 atom stereocenters. The molecule has 28 heavy (non-hydrogen) atoms. The topological polar surface area (TPSA) is 73.9 Å². The number of aromatic nitrogens is 2. The van der Waals surface area contributed by atoms with Crippen molar-refractivity contribution in [3.8, 4) is 11.1 Å². The van der Waals surface area contributed by atoms with E-state index in [1.165, 1.54) is 5.01 Å². The molecule has 0 bridgehead atoms. The zero-order valence-electron chi connectivity index (χ0n) is 16.1. The number of aryl methyl sites for hydroxylation is 1. The van der Waals surface area contributed by atoms with Gasteiger partial charge >= 0.3 is 0 Å². The maximum atomic E-state index is 12.8. The van der Waals surface area contributed by atoms with Gasteiger partial charge in [-0.25, -0.2) is 9.97 Å². The summed E-state index contributed by atoms with van der Waals surface area (Å²) in [7, 11) is 3.88. The molecule has 3 rings (SSSR count). The van der Waals surface area contributed by atoms with Crippen molar-refractivity contribution in [1.82, 2.24) is 15.0 Å². The minimum Gasteiger partial charge on any atom is -0.363 e. The lowest BCUT2D eigenvalue weighted by Crippen LogP contribution is -2.30. The van der Waals surface area contributed by atoms with E-state index < -0.39 is 6.08 Å². The first-order valence-electron chi connectivity index (χ1n) is 8.78. The molecular formula is C19H23F2N7. The van der Waals surface area contributed by atoms with Crippen molar-refractivity contribution in [2.24, 2.45) is 10.8 Å². The summed E-state index contributed by atoms with van der Waals surface area (Å²) in [6, 6.07) is 5.98. The Morgan fingerprint density at radius 3 is 2.50 bits per heavy atom. The molecule has 0 aliphatic carbocycles. The largest absolute Gasteiger partial charge is 0.363 e. The molecule has 1 aliphatic rings. The number of hydrogen-bond donors (Lipinski definition) is 1. The van der Waals surface area contributed by atoms with Gasteiger partial charge in [-0.15, -0.1) is 0 Å².